The van der Waals surface area contributed by atoms with Crippen LogP contribution in [0.2, 0.25) is 0 Å². The highest BCUT2D eigenvalue weighted by Crippen LogP contribution is 2.70. The Labute approximate surface area is 449 Å². The zero-order valence-corrected chi connectivity index (χ0v) is 50.1. The molecule has 0 aromatic carbocycles. The highest BCUT2D eigenvalue weighted by atomic mass is 33.4. The quantitative estimate of drug-likeness (QED) is 0.0256. The summed E-state index contributed by atoms with van der Waals surface area (Å²) >= 11 is 5.35. The molecule has 416 valence electrons. The Kier molecular flexibility index (Phi) is 61.3. The molecule has 0 spiro atoms. The highest BCUT2D eigenvalue weighted by molar-refractivity contribution is 9.12. The molecule has 0 fully saturated rings. The number of unbranched alkanes of at least 4 members (excludes halogenated alkanes) is 42. The number of hydrogen-bond donors (Lipinski definition) is 0. The van der Waals surface area contributed by atoms with Gasteiger partial charge in [-0.25, -0.2) is 0 Å². The first kappa shape index (κ1) is 69.9. The summed E-state index contributed by atoms with van der Waals surface area (Å²) in [6, 6.07) is 0. The van der Waals surface area contributed by atoms with Crippen LogP contribution in [0.1, 0.15) is 329 Å². The van der Waals surface area contributed by atoms with Crippen LogP contribution >= 0.6 is 39.7 Å². The third kappa shape index (κ3) is 58.8. The number of hydrogen-bond acceptors (Lipinski definition) is 9. The molecule has 0 aliphatic carbocycles. The van der Waals surface area contributed by atoms with Crippen LogP contribution in [0, 0.1) is 0 Å². The van der Waals surface area contributed by atoms with Crippen molar-refractivity contribution in [2.24, 2.45) is 0 Å². The van der Waals surface area contributed by atoms with Gasteiger partial charge in [-0.05, 0) is 19.3 Å². The summed E-state index contributed by atoms with van der Waals surface area (Å²) in [4.78, 5) is 37.8. The molecule has 0 aliphatic heterocycles. The zero-order chi connectivity index (χ0) is 50.7. The zero-order valence-electron chi connectivity index (χ0n) is 46.8. The van der Waals surface area contributed by atoms with Crippen molar-refractivity contribution in [1.82, 2.24) is 0 Å². The molecule has 0 heterocycles. The Hall–Kier alpha value is -0.110. The number of carbonyl (C=O) groups is 3. The predicted octanol–water partition coefficient (Wildman–Crippen LogP) is 21.8. The molecular weight excluding hydrogens is 944 g/mol. The van der Waals surface area contributed by atoms with Gasteiger partial charge in [0.2, 0.25) is 0 Å². The van der Waals surface area contributed by atoms with Crippen LogP contribution in [-0.2, 0) is 28.6 Å². The second-order valence-electron chi connectivity index (χ2n) is 20.5. The Balaban J connectivity index is 4.26. The number of rotatable bonds is 60. The van der Waals surface area contributed by atoms with E-state index in [9.17, 15) is 14.4 Å². The normalized spacial score (nSPS) is 11.5. The third-order valence-electron chi connectivity index (χ3n) is 13.5. The van der Waals surface area contributed by atoms with Crippen molar-refractivity contribution < 1.29 is 28.6 Å². The van der Waals surface area contributed by atoms with E-state index in [1.54, 1.807) is 34.1 Å². The van der Waals surface area contributed by atoms with Crippen molar-refractivity contribution in [3.63, 3.8) is 0 Å². The highest BCUT2D eigenvalue weighted by Gasteiger charge is 2.16. The average Bonchev–Trinajstić information content (AvgIpc) is 3.35. The molecule has 10 heteroatoms. The Morgan fingerprint density at radius 2 is 0.414 bits per heavy atom. The molecule has 0 amide bonds. The fourth-order valence-corrected chi connectivity index (χ4v) is 19.2. The fourth-order valence-electron chi connectivity index (χ4n) is 8.92. The van der Waals surface area contributed by atoms with Gasteiger partial charge in [0.15, 0.2) is 0 Å². The lowest BCUT2D eigenvalue weighted by Crippen LogP contribution is -2.07. The van der Waals surface area contributed by atoms with Gasteiger partial charge in [0.25, 0.3) is 0 Å². The number of ether oxygens (including phenoxy) is 3. The first-order chi connectivity index (χ1) is 34.5. The van der Waals surface area contributed by atoms with Gasteiger partial charge in [0.1, 0.15) is 0 Å². The molecule has 0 unspecified atom stereocenters. The lowest BCUT2D eigenvalue weighted by atomic mass is 10.0. The Morgan fingerprint density at radius 3 is 0.586 bits per heavy atom. The molecule has 0 saturated carbocycles. The van der Waals surface area contributed by atoms with Gasteiger partial charge < -0.3 is 14.2 Å². The van der Waals surface area contributed by atoms with Crippen LogP contribution < -0.4 is 0 Å². The molecule has 0 atom stereocenters. The smallest absolute Gasteiger partial charge is 0.306 e. The van der Waals surface area contributed by atoms with E-state index in [0.29, 0.717) is 56.3 Å². The number of carbonyl (C=O) groups excluding carboxylic acids is 3. The van der Waals surface area contributed by atoms with Crippen LogP contribution in [0.5, 0.6) is 0 Å². The monoisotopic (exact) mass is 1060 g/mol. The second kappa shape index (κ2) is 61.4. The van der Waals surface area contributed by atoms with Crippen LogP contribution in [0.4, 0.5) is 0 Å². The topological polar surface area (TPSA) is 78.9 Å². The maximum absolute atomic E-state index is 12.6. The van der Waals surface area contributed by atoms with E-state index in [0.717, 1.165) is 38.5 Å². The molecule has 0 bridgehead atoms. The van der Waals surface area contributed by atoms with Crippen LogP contribution in [-0.4, -0.2) is 55.0 Å². The second-order valence-corrected chi connectivity index (χ2v) is 30.6. The van der Waals surface area contributed by atoms with Gasteiger partial charge in [-0.1, -0.05) is 290 Å². The summed E-state index contributed by atoms with van der Waals surface area (Å²) in [5, 5.41) is 0. The van der Waals surface area contributed by atoms with Crippen LogP contribution in [0.3, 0.4) is 0 Å². The standard InChI is InChI=1S/C60H117O6PS3/c1-4-7-10-13-16-19-22-25-28-31-34-37-40-43-46-52-64-58(61)49-55-68-67(69-56-50-59(62)65-53-47-44-41-38-35-32-29-26-23-20-17-14-11-8-5-2)70-57-51-60(63)66-54-48-45-42-39-36-33-30-27-24-21-18-15-12-9-6-3/h4-57H2,1-3H3. The van der Waals surface area contributed by atoms with Gasteiger partial charge in [-0.2, -0.15) is 0 Å². The summed E-state index contributed by atoms with van der Waals surface area (Å²) in [5.74, 6) is 1.72. The van der Waals surface area contributed by atoms with E-state index in [-0.39, 0.29) is 17.9 Å². The maximum Gasteiger partial charge on any atom is 0.306 e. The van der Waals surface area contributed by atoms with Crippen molar-refractivity contribution in [3.8, 4) is 0 Å². The molecule has 0 aliphatic rings. The molecule has 70 heavy (non-hydrogen) atoms. The van der Waals surface area contributed by atoms with Gasteiger partial charge in [0.05, 0.1) is 44.6 Å². The summed E-state index contributed by atoms with van der Waals surface area (Å²) in [7, 11) is 0. The van der Waals surface area contributed by atoms with Gasteiger partial charge in [-0.3, -0.25) is 14.4 Å². The van der Waals surface area contributed by atoms with E-state index in [1.165, 1.54) is 250 Å². The van der Waals surface area contributed by atoms with Crippen molar-refractivity contribution in [1.29, 1.82) is 0 Å². The number of esters is 3. The SMILES string of the molecule is CCCCCCCCCCCCCCCCCOC(=O)CCSP(SCCC(=O)OCCCCCCCCCCCCCCCCC)SCCC(=O)OCCCCCCCCCCCCCCCCC. The molecule has 0 N–H and O–H groups in total. The minimum Gasteiger partial charge on any atom is -0.466 e. The van der Waals surface area contributed by atoms with E-state index in [1.807, 2.05) is 0 Å². The van der Waals surface area contributed by atoms with E-state index in [2.05, 4.69) is 20.8 Å². The van der Waals surface area contributed by atoms with Crippen molar-refractivity contribution in [2.75, 3.05) is 37.1 Å². The first-order valence-electron chi connectivity index (χ1n) is 30.7. The molecule has 0 aromatic rings. The average molecular weight is 1060 g/mol. The summed E-state index contributed by atoms with van der Waals surface area (Å²) in [5.41, 5.74) is -0.629. The molecular formula is C60H117O6PS3. The van der Waals surface area contributed by atoms with Crippen LogP contribution in [0.25, 0.3) is 0 Å². The molecule has 6 nitrogen and oxygen atoms in total. The van der Waals surface area contributed by atoms with Crippen LogP contribution in [0.15, 0.2) is 0 Å². The van der Waals surface area contributed by atoms with E-state index in [4.69, 9.17) is 14.2 Å². The van der Waals surface area contributed by atoms with Crippen molar-refractivity contribution >= 4 is 57.6 Å². The summed E-state index contributed by atoms with van der Waals surface area (Å²) in [6.45, 7) is 8.40. The van der Waals surface area contributed by atoms with E-state index < -0.39 is 5.53 Å². The minimum atomic E-state index is -0.629. The Morgan fingerprint density at radius 1 is 0.257 bits per heavy atom. The first-order valence-corrected chi connectivity index (χ1v) is 36.8. The van der Waals surface area contributed by atoms with Gasteiger partial charge in [-0.15, -0.1) is 34.1 Å². The predicted molar refractivity (Wildman–Crippen MR) is 316 cm³/mol. The lowest BCUT2D eigenvalue weighted by molar-refractivity contribution is -0.144. The largest absolute Gasteiger partial charge is 0.466 e. The van der Waals surface area contributed by atoms with Crippen molar-refractivity contribution in [2.45, 2.75) is 329 Å². The summed E-state index contributed by atoms with van der Waals surface area (Å²) in [6.07, 6.45) is 60.7. The van der Waals surface area contributed by atoms with E-state index >= 15 is 0 Å². The van der Waals surface area contributed by atoms with Crippen molar-refractivity contribution in [3.05, 3.63) is 0 Å². The maximum atomic E-state index is 12.6. The molecule has 0 radical (unpaired) electrons. The summed E-state index contributed by atoms with van der Waals surface area (Å²) < 4.78 is 16.8. The van der Waals surface area contributed by atoms with Gasteiger partial charge in [0, 0.05) is 17.3 Å². The Bertz CT molecular complexity index is 941. The molecule has 0 saturated heterocycles. The third-order valence-corrected chi connectivity index (χ3v) is 24.6. The molecule has 0 aromatic heterocycles. The van der Waals surface area contributed by atoms with Gasteiger partial charge >= 0.3 is 17.9 Å². The lowest BCUT2D eigenvalue weighted by Gasteiger charge is -2.15. The minimum absolute atomic E-state index is 0.118. The molecule has 0 rings (SSSR count). The fraction of sp³-hybridized carbons (Fsp3) is 0.950.